The highest BCUT2D eigenvalue weighted by Gasteiger charge is 2.38. The minimum atomic E-state index is -4.68. The van der Waals surface area contributed by atoms with Crippen molar-refractivity contribution in [3.05, 3.63) is 75.3 Å². The van der Waals surface area contributed by atoms with E-state index in [0.29, 0.717) is 22.1 Å². The molecule has 1 atom stereocenters. The molecule has 0 bridgehead atoms. The molecule has 2 aliphatic heterocycles. The van der Waals surface area contributed by atoms with Crippen molar-refractivity contribution in [2.75, 3.05) is 18.1 Å². The average molecular weight is 516 g/mol. The lowest BCUT2D eigenvalue weighted by Gasteiger charge is -2.31. The van der Waals surface area contributed by atoms with Crippen LogP contribution in [-0.4, -0.2) is 21.5 Å². The van der Waals surface area contributed by atoms with Crippen LogP contribution in [0.15, 0.2) is 48.0 Å². The molecule has 12 heteroatoms. The molecular weight excluding hydrogens is 495 g/mol. The predicted octanol–water partition coefficient (Wildman–Crippen LogP) is 3.46. The first kappa shape index (κ1) is 23.7. The SMILES string of the molecule is Cc1cc(N)nc(-c2cc3c4c(c2Cl)=NCNC=4N(C(C)c2cncc(N)c2)C=CO3)c1C(F)(F)F. The van der Waals surface area contributed by atoms with Gasteiger partial charge in [0.05, 0.1) is 38.6 Å². The Kier molecular flexibility index (Phi) is 5.67. The highest BCUT2D eigenvalue weighted by Crippen LogP contribution is 2.41. The average Bonchev–Trinajstić information content (AvgIpc) is 2.99. The Morgan fingerprint density at radius 3 is 2.69 bits per heavy atom. The number of halogens is 4. The normalized spacial score (nSPS) is 15.4. The lowest BCUT2D eigenvalue weighted by Crippen LogP contribution is -2.44. The zero-order valence-corrected chi connectivity index (χ0v) is 19.9. The molecule has 5 N–H and O–H groups in total. The third kappa shape index (κ3) is 3.95. The Morgan fingerprint density at radius 1 is 1.19 bits per heavy atom. The maximum Gasteiger partial charge on any atom is 0.418 e. The summed E-state index contributed by atoms with van der Waals surface area (Å²) in [4.78, 5) is 14.5. The smallest absolute Gasteiger partial charge is 0.418 e. The topological polar surface area (TPSA) is 115 Å². The predicted molar refractivity (Wildman–Crippen MR) is 130 cm³/mol. The summed E-state index contributed by atoms with van der Waals surface area (Å²) in [5, 5.41) is 4.05. The minimum absolute atomic E-state index is 0.0134. The number of nitrogens with one attached hydrogen (secondary N) is 1. The van der Waals surface area contributed by atoms with Gasteiger partial charge in [0.1, 0.15) is 30.3 Å². The van der Waals surface area contributed by atoms with Crippen LogP contribution < -0.4 is 32.1 Å². The second kappa shape index (κ2) is 8.59. The number of rotatable bonds is 3. The molecule has 1 unspecified atom stereocenters. The number of nitrogens with two attached hydrogens (primary N) is 2. The summed E-state index contributed by atoms with van der Waals surface area (Å²) in [5.74, 6) is 0.833. The first-order valence-corrected chi connectivity index (χ1v) is 11.3. The van der Waals surface area contributed by atoms with Gasteiger partial charge in [-0.05, 0) is 43.2 Å². The summed E-state index contributed by atoms with van der Waals surface area (Å²) in [6.07, 6.45) is 1.74. The second-order valence-electron chi connectivity index (χ2n) is 8.42. The first-order chi connectivity index (χ1) is 17.1. The second-order valence-corrected chi connectivity index (χ2v) is 8.80. The maximum atomic E-state index is 14.0. The molecule has 186 valence electrons. The van der Waals surface area contributed by atoms with Gasteiger partial charge >= 0.3 is 6.18 Å². The van der Waals surface area contributed by atoms with E-state index >= 15 is 0 Å². The van der Waals surface area contributed by atoms with E-state index < -0.39 is 11.7 Å². The van der Waals surface area contributed by atoms with Gasteiger partial charge in [-0.25, -0.2) is 4.98 Å². The summed E-state index contributed by atoms with van der Waals surface area (Å²) in [6.45, 7) is 3.43. The van der Waals surface area contributed by atoms with Crippen molar-refractivity contribution in [1.82, 2.24) is 20.2 Å². The van der Waals surface area contributed by atoms with Crippen molar-refractivity contribution in [2.45, 2.75) is 26.1 Å². The number of alkyl halides is 3. The van der Waals surface area contributed by atoms with Crippen LogP contribution in [0.2, 0.25) is 5.02 Å². The standard InChI is InChI=1S/C24H21ClF3N7O/c1-11-5-17(30)34-21(19(11)24(26,27)28)15-7-16-18-22(20(15)25)32-10-33-23(18)35(3-4-36-16)12(2)13-6-14(29)9-31-8-13/h3-9,12,33H,10,29H2,1-2H3,(H2,30,34). The van der Waals surface area contributed by atoms with Gasteiger partial charge in [-0.3, -0.25) is 9.98 Å². The Balaban J connectivity index is 1.76. The van der Waals surface area contributed by atoms with E-state index in [1.54, 1.807) is 18.6 Å². The van der Waals surface area contributed by atoms with Crippen molar-refractivity contribution in [1.29, 1.82) is 0 Å². The first-order valence-electron chi connectivity index (χ1n) is 10.9. The van der Waals surface area contributed by atoms with Gasteiger partial charge in [0.15, 0.2) is 0 Å². The zero-order chi connectivity index (χ0) is 25.8. The minimum Gasteiger partial charge on any atom is -0.463 e. The van der Waals surface area contributed by atoms with E-state index in [1.807, 2.05) is 17.9 Å². The fraction of sp³-hybridized carbons (Fsp3) is 0.208. The van der Waals surface area contributed by atoms with Crippen LogP contribution in [0, 0.1) is 6.92 Å². The highest BCUT2D eigenvalue weighted by atomic mass is 35.5. The van der Waals surface area contributed by atoms with Crippen molar-refractivity contribution in [2.24, 2.45) is 4.99 Å². The van der Waals surface area contributed by atoms with E-state index in [4.69, 9.17) is 27.8 Å². The monoisotopic (exact) mass is 515 g/mol. The maximum absolute atomic E-state index is 14.0. The Hall–Kier alpha value is -3.99. The van der Waals surface area contributed by atoms with Crippen LogP contribution in [0.4, 0.5) is 24.7 Å². The van der Waals surface area contributed by atoms with Gasteiger partial charge in [-0.2, -0.15) is 13.2 Å². The molecule has 8 nitrogen and oxygen atoms in total. The molecule has 0 radical (unpaired) electrons. The van der Waals surface area contributed by atoms with E-state index in [0.717, 1.165) is 5.56 Å². The molecule has 5 rings (SSSR count). The lowest BCUT2D eigenvalue weighted by molar-refractivity contribution is -0.137. The number of hydrogen-bond donors (Lipinski definition) is 3. The number of nitrogens with zero attached hydrogens (tertiary/aromatic N) is 4. The molecule has 0 spiro atoms. The van der Waals surface area contributed by atoms with E-state index in [-0.39, 0.29) is 46.1 Å². The number of anilines is 2. The van der Waals surface area contributed by atoms with Crippen molar-refractivity contribution in [3.8, 4) is 17.0 Å². The van der Waals surface area contributed by atoms with Crippen LogP contribution in [-0.2, 0) is 6.18 Å². The zero-order valence-electron chi connectivity index (χ0n) is 19.2. The number of hydrogen-bond acceptors (Lipinski definition) is 8. The molecule has 4 heterocycles. The Labute approximate surface area is 208 Å². The molecule has 0 saturated carbocycles. The van der Waals surface area contributed by atoms with E-state index in [9.17, 15) is 13.2 Å². The summed E-state index contributed by atoms with van der Waals surface area (Å²) in [7, 11) is 0. The summed E-state index contributed by atoms with van der Waals surface area (Å²) in [5.41, 5.74) is 11.8. The molecule has 2 aromatic heterocycles. The quantitative estimate of drug-likeness (QED) is 0.489. The highest BCUT2D eigenvalue weighted by molar-refractivity contribution is 6.33. The van der Waals surface area contributed by atoms with Crippen LogP contribution in [0.3, 0.4) is 0 Å². The summed E-state index contributed by atoms with van der Waals surface area (Å²) < 4.78 is 47.9. The van der Waals surface area contributed by atoms with Gasteiger partial charge in [0.25, 0.3) is 0 Å². The molecule has 36 heavy (non-hydrogen) atoms. The number of nitrogen functional groups attached to an aromatic ring is 2. The van der Waals surface area contributed by atoms with Gasteiger partial charge < -0.3 is 26.4 Å². The van der Waals surface area contributed by atoms with Gasteiger partial charge in [-0.15, -0.1) is 0 Å². The molecule has 3 aromatic rings. The van der Waals surface area contributed by atoms with Crippen LogP contribution in [0.5, 0.6) is 5.75 Å². The fourth-order valence-electron chi connectivity index (χ4n) is 4.45. The van der Waals surface area contributed by atoms with Crippen molar-refractivity contribution < 1.29 is 17.9 Å². The lowest BCUT2D eigenvalue weighted by atomic mass is 9.99. The molecule has 0 fully saturated rings. The Bertz CT molecular complexity index is 1540. The van der Waals surface area contributed by atoms with Crippen molar-refractivity contribution >= 4 is 28.9 Å². The molecule has 0 amide bonds. The van der Waals surface area contributed by atoms with Crippen LogP contribution >= 0.6 is 11.6 Å². The third-order valence-electron chi connectivity index (χ3n) is 6.05. The van der Waals surface area contributed by atoms with Gasteiger partial charge in [0.2, 0.25) is 0 Å². The van der Waals surface area contributed by atoms with Gasteiger partial charge in [0, 0.05) is 24.2 Å². The number of benzene rings is 1. The number of ether oxygens (including phenoxy) is 1. The molecule has 0 aliphatic carbocycles. The molecule has 2 aliphatic rings. The van der Waals surface area contributed by atoms with E-state index in [1.165, 1.54) is 25.3 Å². The van der Waals surface area contributed by atoms with Crippen LogP contribution in [0.1, 0.15) is 29.7 Å². The molecule has 0 saturated heterocycles. The van der Waals surface area contributed by atoms with Crippen molar-refractivity contribution in [3.63, 3.8) is 0 Å². The summed E-state index contributed by atoms with van der Waals surface area (Å²) >= 11 is 6.72. The van der Waals surface area contributed by atoms with Crippen LogP contribution in [0.25, 0.3) is 17.1 Å². The number of aryl methyl sites for hydroxylation is 1. The molecule has 1 aromatic carbocycles. The number of pyridine rings is 2. The van der Waals surface area contributed by atoms with E-state index in [2.05, 4.69) is 20.3 Å². The molecular formula is C24H21ClF3N7O. The number of aromatic nitrogens is 2. The fourth-order valence-corrected chi connectivity index (χ4v) is 4.75. The largest absolute Gasteiger partial charge is 0.463 e. The Morgan fingerprint density at radius 2 is 1.97 bits per heavy atom. The summed E-state index contributed by atoms with van der Waals surface area (Å²) in [6, 6.07) is 4.20. The third-order valence-corrected chi connectivity index (χ3v) is 6.44. The van der Waals surface area contributed by atoms with Gasteiger partial charge in [-0.1, -0.05) is 11.6 Å².